The van der Waals surface area contributed by atoms with Gasteiger partial charge in [0.15, 0.2) is 23.3 Å². The number of ether oxygens (including phenoxy) is 3. The molecule has 0 aliphatic rings. The Morgan fingerprint density at radius 3 is 2.43 bits per heavy atom. The second-order valence-corrected chi connectivity index (χ2v) is 7.45. The van der Waals surface area contributed by atoms with Gasteiger partial charge in [0.05, 0.1) is 14.2 Å². The smallest absolute Gasteiger partial charge is 0.358 e. The van der Waals surface area contributed by atoms with Crippen LogP contribution in [0.5, 0.6) is 11.5 Å². The number of methoxy groups -OCH3 is 2. The largest absolute Gasteiger partial charge is 0.493 e. The van der Waals surface area contributed by atoms with Crippen molar-refractivity contribution in [3.05, 3.63) is 58.6 Å². The third-order valence-electron chi connectivity index (χ3n) is 4.11. The summed E-state index contributed by atoms with van der Waals surface area (Å²) in [6.45, 7) is 1.49. The first kappa shape index (κ1) is 21.6. The third-order valence-corrected chi connectivity index (χ3v) is 5.25. The number of nitrogens with one attached hydrogen (secondary N) is 1. The molecule has 0 aliphatic carbocycles. The summed E-state index contributed by atoms with van der Waals surface area (Å²) in [5.74, 6) is 0.0116. The molecule has 30 heavy (non-hydrogen) atoms. The molecule has 1 atom stereocenters. The standard InChI is InChI=1S/C21H19ClN2O5S/c1-12(19(25)23-15-7-5-14(22)6-8-15)29-21(26)16-11-30-20(24-16)13-4-9-17(27-2)18(10-13)28-3/h4-12H,1-3H3,(H,23,25). The number of halogens is 1. The van der Waals surface area contributed by atoms with Crippen LogP contribution in [0.15, 0.2) is 47.8 Å². The van der Waals surface area contributed by atoms with Gasteiger partial charge in [-0.3, -0.25) is 4.79 Å². The molecule has 2 aromatic carbocycles. The van der Waals surface area contributed by atoms with Crippen LogP contribution >= 0.6 is 22.9 Å². The van der Waals surface area contributed by atoms with Crippen molar-refractivity contribution in [3.63, 3.8) is 0 Å². The quantitative estimate of drug-likeness (QED) is 0.531. The number of amides is 1. The highest BCUT2D eigenvalue weighted by Gasteiger charge is 2.21. The molecule has 0 saturated carbocycles. The lowest BCUT2D eigenvalue weighted by atomic mass is 10.2. The minimum absolute atomic E-state index is 0.121. The zero-order valence-electron chi connectivity index (χ0n) is 16.5. The van der Waals surface area contributed by atoms with E-state index >= 15 is 0 Å². The maximum Gasteiger partial charge on any atom is 0.358 e. The summed E-state index contributed by atoms with van der Waals surface area (Å²) in [5, 5.41) is 5.41. The van der Waals surface area contributed by atoms with Gasteiger partial charge in [-0.25, -0.2) is 9.78 Å². The summed E-state index contributed by atoms with van der Waals surface area (Å²) in [6.07, 6.45) is -1.00. The Bertz CT molecular complexity index is 1050. The van der Waals surface area contributed by atoms with Crippen molar-refractivity contribution in [2.75, 3.05) is 19.5 Å². The van der Waals surface area contributed by atoms with E-state index < -0.39 is 18.0 Å². The highest BCUT2D eigenvalue weighted by molar-refractivity contribution is 7.13. The molecule has 7 nitrogen and oxygen atoms in total. The van der Waals surface area contributed by atoms with Crippen molar-refractivity contribution in [2.24, 2.45) is 0 Å². The van der Waals surface area contributed by atoms with Gasteiger partial charge in [0.25, 0.3) is 5.91 Å². The summed E-state index contributed by atoms with van der Waals surface area (Å²) in [7, 11) is 3.10. The monoisotopic (exact) mass is 446 g/mol. The molecule has 0 spiro atoms. The van der Waals surface area contributed by atoms with Crippen molar-refractivity contribution < 1.29 is 23.8 Å². The molecule has 1 N–H and O–H groups in total. The number of anilines is 1. The molecule has 0 saturated heterocycles. The Morgan fingerprint density at radius 1 is 1.07 bits per heavy atom. The van der Waals surface area contributed by atoms with Gasteiger partial charge in [-0.2, -0.15) is 0 Å². The zero-order valence-corrected chi connectivity index (χ0v) is 18.0. The molecule has 156 valence electrons. The lowest BCUT2D eigenvalue weighted by molar-refractivity contribution is -0.123. The SMILES string of the molecule is COc1ccc(-c2nc(C(=O)OC(C)C(=O)Nc3ccc(Cl)cc3)cs2)cc1OC. The molecule has 3 aromatic rings. The summed E-state index contributed by atoms with van der Waals surface area (Å²) in [5.41, 5.74) is 1.44. The molecular formula is C21H19ClN2O5S. The van der Waals surface area contributed by atoms with Crippen molar-refractivity contribution >= 4 is 40.5 Å². The molecule has 1 aromatic heterocycles. The normalized spacial score (nSPS) is 11.5. The molecular weight excluding hydrogens is 428 g/mol. The molecule has 1 amide bonds. The Morgan fingerprint density at radius 2 is 1.77 bits per heavy atom. The number of carbonyl (C=O) groups is 2. The van der Waals surface area contributed by atoms with E-state index in [1.807, 2.05) is 6.07 Å². The first-order chi connectivity index (χ1) is 14.4. The highest BCUT2D eigenvalue weighted by Crippen LogP contribution is 2.33. The van der Waals surface area contributed by atoms with Gasteiger partial charge in [0, 0.05) is 21.7 Å². The van der Waals surface area contributed by atoms with Crippen LogP contribution in [-0.2, 0) is 9.53 Å². The number of esters is 1. The van der Waals surface area contributed by atoms with Crippen LogP contribution in [0.25, 0.3) is 10.6 Å². The lowest BCUT2D eigenvalue weighted by Gasteiger charge is -2.12. The van der Waals surface area contributed by atoms with Crippen LogP contribution in [0.3, 0.4) is 0 Å². The average molecular weight is 447 g/mol. The van der Waals surface area contributed by atoms with Crippen molar-refractivity contribution in [1.82, 2.24) is 4.98 Å². The fraction of sp³-hybridized carbons (Fsp3) is 0.190. The number of thiazole rings is 1. The number of hydrogen-bond donors (Lipinski definition) is 1. The number of aromatic nitrogens is 1. The molecule has 0 fully saturated rings. The molecule has 3 rings (SSSR count). The maximum atomic E-state index is 12.4. The van der Waals surface area contributed by atoms with Crippen LogP contribution in [0.4, 0.5) is 5.69 Å². The van der Waals surface area contributed by atoms with E-state index in [2.05, 4.69) is 10.3 Å². The number of hydrogen-bond acceptors (Lipinski definition) is 7. The van der Waals surface area contributed by atoms with E-state index in [9.17, 15) is 9.59 Å². The first-order valence-corrected chi connectivity index (χ1v) is 10.1. The van der Waals surface area contributed by atoms with Crippen molar-refractivity contribution in [1.29, 1.82) is 0 Å². The van der Waals surface area contributed by atoms with Gasteiger partial charge in [0.1, 0.15) is 5.01 Å². The van der Waals surface area contributed by atoms with Crippen LogP contribution in [-0.4, -0.2) is 37.2 Å². The Hall–Kier alpha value is -3.10. The van der Waals surface area contributed by atoms with Crippen LogP contribution in [0.1, 0.15) is 17.4 Å². The number of carbonyl (C=O) groups excluding carboxylic acids is 2. The van der Waals surface area contributed by atoms with Gasteiger partial charge >= 0.3 is 5.97 Å². The molecule has 0 radical (unpaired) electrons. The molecule has 1 heterocycles. The summed E-state index contributed by atoms with van der Waals surface area (Å²) in [4.78, 5) is 29.0. The van der Waals surface area contributed by atoms with Gasteiger partial charge in [-0.1, -0.05) is 11.6 Å². The van der Waals surface area contributed by atoms with Crippen LogP contribution < -0.4 is 14.8 Å². The van der Waals surface area contributed by atoms with Crippen LogP contribution in [0.2, 0.25) is 5.02 Å². The fourth-order valence-electron chi connectivity index (χ4n) is 2.52. The second kappa shape index (κ2) is 9.60. The first-order valence-electron chi connectivity index (χ1n) is 8.86. The number of nitrogens with zero attached hydrogens (tertiary/aromatic N) is 1. The lowest BCUT2D eigenvalue weighted by Crippen LogP contribution is -2.30. The van der Waals surface area contributed by atoms with E-state index in [-0.39, 0.29) is 5.69 Å². The van der Waals surface area contributed by atoms with Crippen molar-refractivity contribution in [2.45, 2.75) is 13.0 Å². The van der Waals surface area contributed by atoms with Gasteiger partial charge < -0.3 is 19.5 Å². The third kappa shape index (κ3) is 5.08. The predicted molar refractivity (Wildman–Crippen MR) is 116 cm³/mol. The summed E-state index contributed by atoms with van der Waals surface area (Å²) in [6, 6.07) is 12.0. The second-order valence-electron chi connectivity index (χ2n) is 6.15. The Kier molecular flexibility index (Phi) is 6.91. The number of benzene rings is 2. The van der Waals surface area contributed by atoms with E-state index in [4.69, 9.17) is 25.8 Å². The minimum atomic E-state index is -1.00. The molecule has 1 unspecified atom stereocenters. The molecule has 0 bridgehead atoms. The zero-order chi connectivity index (χ0) is 21.7. The van der Waals surface area contributed by atoms with Gasteiger partial charge in [-0.05, 0) is 49.4 Å². The Labute approximate surface area is 182 Å². The highest BCUT2D eigenvalue weighted by atomic mass is 35.5. The van der Waals surface area contributed by atoms with E-state index in [1.165, 1.54) is 18.3 Å². The fourth-order valence-corrected chi connectivity index (χ4v) is 3.43. The van der Waals surface area contributed by atoms with Crippen molar-refractivity contribution in [3.8, 4) is 22.1 Å². The summed E-state index contributed by atoms with van der Waals surface area (Å²) >= 11 is 7.11. The van der Waals surface area contributed by atoms with E-state index in [1.54, 1.807) is 56.0 Å². The Balaban J connectivity index is 1.65. The summed E-state index contributed by atoms with van der Waals surface area (Å²) < 4.78 is 15.8. The number of rotatable bonds is 7. The average Bonchev–Trinajstić information content (AvgIpc) is 3.25. The minimum Gasteiger partial charge on any atom is -0.493 e. The van der Waals surface area contributed by atoms with E-state index in [0.717, 1.165) is 5.56 Å². The van der Waals surface area contributed by atoms with E-state index in [0.29, 0.717) is 27.2 Å². The predicted octanol–water partition coefficient (Wildman–Crippen LogP) is 4.66. The van der Waals surface area contributed by atoms with Gasteiger partial charge in [0.2, 0.25) is 0 Å². The topological polar surface area (TPSA) is 86.8 Å². The van der Waals surface area contributed by atoms with Gasteiger partial charge in [-0.15, -0.1) is 11.3 Å². The molecule has 0 aliphatic heterocycles. The molecule has 9 heteroatoms. The van der Waals surface area contributed by atoms with Crippen LogP contribution in [0, 0.1) is 0 Å². The maximum absolute atomic E-state index is 12.4.